The molecule has 3 nitrogen and oxygen atoms in total. The van der Waals surface area contributed by atoms with Crippen LogP contribution in [0.5, 0.6) is 5.75 Å². The summed E-state index contributed by atoms with van der Waals surface area (Å²) in [6, 6.07) is 5.61. The van der Waals surface area contributed by atoms with Crippen LogP contribution >= 0.6 is 15.9 Å². The smallest absolute Gasteiger partial charge is 0.328 e. The summed E-state index contributed by atoms with van der Waals surface area (Å²) in [7, 11) is 1.60. The Bertz CT molecular complexity index is 436. The molecule has 1 aromatic carbocycles. The Morgan fingerprint density at radius 2 is 2.19 bits per heavy atom. The fourth-order valence-corrected chi connectivity index (χ4v) is 1.65. The molecule has 0 fully saturated rings. The van der Waals surface area contributed by atoms with Gasteiger partial charge < -0.3 is 9.84 Å². The monoisotopic (exact) mass is 282 g/mol. The van der Waals surface area contributed by atoms with Crippen LogP contribution in [-0.2, 0) is 4.79 Å². The van der Waals surface area contributed by atoms with E-state index in [9.17, 15) is 4.79 Å². The van der Waals surface area contributed by atoms with Crippen LogP contribution in [0.3, 0.4) is 0 Å². The van der Waals surface area contributed by atoms with Crippen molar-refractivity contribution in [3.63, 3.8) is 0 Å². The highest BCUT2D eigenvalue weighted by molar-refractivity contribution is 9.10. The van der Waals surface area contributed by atoms with Gasteiger partial charge in [-0.2, -0.15) is 0 Å². The number of aliphatic carboxylic acids is 1. The molecule has 16 heavy (non-hydrogen) atoms. The van der Waals surface area contributed by atoms with Crippen LogP contribution < -0.4 is 4.74 Å². The van der Waals surface area contributed by atoms with Gasteiger partial charge in [-0.1, -0.05) is 24.3 Å². The lowest BCUT2D eigenvalue weighted by Crippen LogP contribution is -1.85. The van der Waals surface area contributed by atoms with Crippen molar-refractivity contribution in [1.29, 1.82) is 0 Å². The standard InChI is InChI=1S/C12H11BrO3/c1-16-11-7-6-9(8-10(11)13)4-2-3-5-12(14)15/h2-8H,1H3,(H,14,15)/b4-2+,5-3+. The summed E-state index contributed by atoms with van der Waals surface area (Å²) in [4.78, 5) is 10.2. The molecule has 0 saturated heterocycles. The predicted molar refractivity (Wildman–Crippen MR) is 66.5 cm³/mol. The minimum Gasteiger partial charge on any atom is -0.496 e. The van der Waals surface area contributed by atoms with E-state index in [1.807, 2.05) is 24.3 Å². The molecule has 0 aliphatic rings. The first-order valence-electron chi connectivity index (χ1n) is 4.54. The van der Waals surface area contributed by atoms with Gasteiger partial charge in [-0.15, -0.1) is 0 Å². The van der Waals surface area contributed by atoms with Crippen molar-refractivity contribution in [3.05, 3.63) is 46.5 Å². The number of methoxy groups -OCH3 is 1. The molecule has 84 valence electrons. The summed E-state index contributed by atoms with van der Waals surface area (Å²) in [5, 5.41) is 8.38. The van der Waals surface area contributed by atoms with Crippen molar-refractivity contribution in [3.8, 4) is 5.75 Å². The molecule has 0 bridgehead atoms. The summed E-state index contributed by atoms with van der Waals surface area (Å²) in [5.41, 5.74) is 0.961. The number of halogens is 1. The zero-order chi connectivity index (χ0) is 12.0. The molecule has 4 heteroatoms. The highest BCUT2D eigenvalue weighted by Crippen LogP contribution is 2.25. The molecule has 0 saturated carbocycles. The number of carboxylic acid groups (broad SMARTS) is 1. The maximum absolute atomic E-state index is 10.2. The molecule has 0 radical (unpaired) electrons. The van der Waals surface area contributed by atoms with E-state index in [1.165, 1.54) is 6.08 Å². The van der Waals surface area contributed by atoms with Crippen molar-refractivity contribution in [2.75, 3.05) is 7.11 Å². The Kier molecular flexibility index (Phi) is 4.79. The molecular weight excluding hydrogens is 272 g/mol. The van der Waals surface area contributed by atoms with Gasteiger partial charge in [0.05, 0.1) is 11.6 Å². The van der Waals surface area contributed by atoms with Crippen LogP contribution in [0.1, 0.15) is 5.56 Å². The zero-order valence-corrected chi connectivity index (χ0v) is 10.3. The van der Waals surface area contributed by atoms with Gasteiger partial charge in [0, 0.05) is 6.08 Å². The van der Waals surface area contributed by atoms with E-state index in [0.717, 1.165) is 21.9 Å². The summed E-state index contributed by atoms with van der Waals surface area (Å²) < 4.78 is 5.95. The third-order valence-corrected chi connectivity index (χ3v) is 2.43. The molecule has 1 aromatic rings. The average Bonchev–Trinajstić information content (AvgIpc) is 2.24. The van der Waals surface area contributed by atoms with Gasteiger partial charge in [-0.3, -0.25) is 0 Å². The van der Waals surface area contributed by atoms with E-state index in [0.29, 0.717) is 0 Å². The Morgan fingerprint density at radius 1 is 1.44 bits per heavy atom. The van der Waals surface area contributed by atoms with E-state index in [1.54, 1.807) is 13.2 Å². The molecule has 1 N–H and O–H groups in total. The molecule has 0 aromatic heterocycles. The lowest BCUT2D eigenvalue weighted by molar-refractivity contribution is -0.131. The van der Waals surface area contributed by atoms with Crippen molar-refractivity contribution < 1.29 is 14.6 Å². The minimum absolute atomic E-state index is 0.762. The van der Waals surface area contributed by atoms with Crippen LogP contribution in [0.25, 0.3) is 6.08 Å². The molecule has 0 aliphatic heterocycles. The van der Waals surface area contributed by atoms with Crippen molar-refractivity contribution in [2.45, 2.75) is 0 Å². The molecule has 0 spiro atoms. The fraction of sp³-hybridized carbons (Fsp3) is 0.0833. The largest absolute Gasteiger partial charge is 0.496 e. The van der Waals surface area contributed by atoms with Gasteiger partial charge in [0.1, 0.15) is 5.75 Å². The SMILES string of the molecule is COc1ccc(/C=C/C=C/C(=O)O)cc1Br. The highest BCUT2D eigenvalue weighted by Gasteiger charge is 1.98. The lowest BCUT2D eigenvalue weighted by Gasteiger charge is -2.02. The van der Waals surface area contributed by atoms with E-state index in [2.05, 4.69) is 15.9 Å². The molecule has 0 amide bonds. The van der Waals surface area contributed by atoms with Crippen molar-refractivity contribution in [2.24, 2.45) is 0 Å². The molecule has 0 atom stereocenters. The number of carbonyl (C=O) groups is 1. The first-order chi connectivity index (χ1) is 7.63. The summed E-state index contributed by atoms with van der Waals surface area (Å²) in [6.45, 7) is 0. The summed E-state index contributed by atoms with van der Waals surface area (Å²) in [5.74, 6) is -0.196. The van der Waals surface area contributed by atoms with Gasteiger partial charge >= 0.3 is 5.97 Å². The number of rotatable bonds is 4. The molecular formula is C12H11BrO3. The van der Waals surface area contributed by atoms with Gasteiger partial charge in [0.25, 0.3) is 0 Å². The highest BCUT2D eigenvalue weighted by atomic mass is 79.9. The number of ether oxygens (including phenoxy) is 1. The Labute approximate surface area is 102 Å². The third kappa shape index (κ3) is 3.90. The molecule has 0 aliphatic carbocycles. The second kappa shape index (κ2) is 6.12. The minimum atomic E-state index is -0.958. The topological polar surface area (TPSA) is 46.5 Å². The van der Waals surface area contributed by atoms with Crippen molar-refractivity contribution >= 4 is 28.0 Å². The Hall–Kier alpha value is -1.55. The number of allylic oxidation sites excluding steroid dienone is 2. The van der Waals surface area contributed by atoms with Gasteiger partial charge in [0.15, 0.2) is 0 Å². The summed E-state index contributed by atoms with van der Waals surface area (Å²) in [6.07, 6.45) is 6.03. The molecule has 0 heterocycles. The number of hydrogen-bond acceptors (Lipinski definition) is 2. The summed E-state index contributed by atoms with van der Waals surface area (Å²) >= 11 is 3.37. The first-order valence-corrected chi connectivity index (χ1v) is 5.34. The van der Waals surface area contributed by atoms with Crippen LogP contribution in [0.15, 0.2) is 40.9 Å². The van der Waals surface area contributed by atoms with Crippen molar-refractivity contribution in [1.82, 2.24) is 0 Å². The average molecular weight is 283 g/mol. The number of benzene rings is 1. The predicted octanol–water partition coefficient (Wildman–Crippen LogP) is 3.11. The number of hydrogen-bond donors (Lipinski definition) is 1. The van der Waals surface area contributed by atoms with E-state index in [-0.39, 0.29) is 0 Å². The zero-order valence-electron chi connectivity index (χ0n) is 8.68. The number of carboxylic acids is 1. The maximum atomic E-state index is 10.2. The maximum Gasteiger partial charge on any atom is 0.328 e. The van der Waals surface area contributed by atoms with Crippen LogP contribution in [-0.4, -0.2) is 18.2 Å². The van der Waals surface area contributed by atoms with Crippen LogP contribution in [0, 0.1) is 0 Å². The van der Waals surface area contributed by atoms with E-state index >= 15 is 0 Å². The van der Waals surface area contributed by atoms with Crippen LogP contribution in [0.2, 0.25) is 0 Å². The second-order valence-corrected chi connectivity index (χ2v) is 3.80. The quantitative estimate of drug-likeness (QED) is 0.682. The van der Waals surface area contributed by atoms with E-state index in [4.69, 9.17) is 9.84 Å². The van der Waals surface area contributed by atoms with Crippen LogP contribution in [0.4, 0.5) is 0 Å². The molecule has 1 rings (SSSR count). The second-order valence-electron chi connectivity index (χ2n) is 2.95. The third-order valence-electron chi connectivity index (χ3n) is 1.81. The van der Waals surface area contributed by atoms with Gasteiger partial charge in [0.2, 0.25) is 0 Å². The van der Waals surface area contributed by atoms with E-state index < -0.39 is 5.97 Å². The first kappa shape index (κ1) is 12.5. The molecule has 0 unspecified atom stereocenters. The van der Waals surface area contributed by atoms with Gasteiger partial charge in [-0.05, 0) is 33.6 Å². The Morgan fingerprint density at radius 3 is 2.75 bits per heavy atom. The Balaban J connectivity index is 2.75. The fourth-order valence-electron chi connectivity index (χ4n) is 1.09. The van der Waals surface area contributed by atoms with Gasteiger partial charge in [-0.25, -0.2) is 4.79 Å². The lowest BCUT2D eigenvalue weighted by atomic mass is 10.2. The normalized spacial score (nSPS) is 11.1.